The molecule has 1 N–H and O–H groups in total. The predicted octanol–water partition coefficient (Wildman–Crippen LogP) is 3.07. The van der Waals surface area contributed by atoms with Gasteiger partial charge in [0.15, 0.2) is 11.5 Å². The lowest BCUT2D eigenvalue weighted by molar-refractivity contribution is -0.117. The van der Waals surface area contributed by atoms with E-state index in [1.807, 2.05) is 6.07 Å². The molecule has 6 heteroatoms. The Kier molecular flexibility index (Phi) is 6.70. The number of carbonyl (C=O) groups is 1. The first kappa shape index (κ1) is 18.7. The zero-order chi connectivity index (χ0) is 18.2. The van der Waals surface area contributed by atoms with Gasteiger partial charge < -0.3 is 19.5 Å². The van der Waals surface area contributed by atoms with Crippen LogP contribution in [0.1, 0.15) is 37.7 Å². The highest BCUT2D eigenvalue weighted by molar-refractivity contribution is 6.02. The minimum Gasteiger partial charge on any atom is -0.493 e. The second kappa shape index (κ2) is 8.97. The van der Waals surface area contributed by atoms with Gasteiger partial charge in [0.25, 0.3) is 5.91 Å². The molecular formula is C19H24N2O4. The number of nitrogens with zero attached hydrogens (tertiary/aromatic N) is 1. The van der Waals surface area contributed by atoms with Crippen LogP contribution in [0, 0.1) is 11.3 Å². The molecule has 1 fully saturated rings. The summed E-state index contributed by atoms with van der Waals surface area (Å²) in [7, 11) is 4.56. The summed E-state index contributed by atoms with van der Waals surface area (Å²) in [6, 6.07) is 5.53. The Hall–Kier alpha value is -2.68. The SMILES string of the molecule is COc1cc(/C=C(/C#N)C(=O)NC2CCCCC2)cc(OC)c1OC. The first-order chi connectivity index (χ1) is 12.1. The summed E-state index contributed by atoms with van der Waals surface area (Å²) in [6.45, 7) is 0. The topological polar surface area (TPSA) is 80.6 Å². The van der Waals surface area contributed by atoms with E-state index in [4.69, 9.17) is 14.2 Å². The van der Waals surface area contributed by atoms with E-state index in [-0.39, 0.29) is 17.5 Å². The second-order valence-electron chi connectivity index (χ2n) is 5.94. The van der Waals surface area contributed by atoms with Crippen molar-refractivity contribution in [2.75, 3.05) is 21.3 Å². The van der Waals surface area contributed by atoms with E-state index in [0.29, 0.717) is 22.8 Å². The van der Waals surface area contributed by atoms with Crippen LogP contribution in [0.25, 0.3) is 6.08 Å². The highest BCUT2D eigenvalue weighted by atomic mass is 16.5. The zero-order valence-electron chi connectivity index (χ0n) is 14.9. The monoisotopic (exact) mass is 344 g/mol. The molecule has 1 aromatic rings. The van der Waals surface area contributed by atoms with Gasteiger partial charge >= 0.3 is 0 Å². The molecule has 0 radical (unpaired) electrons. The molecule has 6 nitrogen and oxygen atoms in total. The summed E-state index contributed by atoms with van der Waals surface area (Å²) in [4.78, 5) is 12.4. The highest BCUT2D eigenvalue weighted by Gasteiger charge is 2.19. The quantitative estimate of drug-likeness (QED) is 0.634. The fraction of sp³-hybridized carbons (Fsp3) is 0.474. The minimum absolute atomic E-state index is 0.0554. The Bertz CT molecular complexity index is 660. The van der Waals surface area contributed by atoms with Gasteiger partial charge in [0.2, 0.25) is 5.75 Å². The van der Waals surface area contributed by atoms with Crippen molar-refractivity contribution < 1.29 is 19.0 Å². The van der Waals surface area contributed by atoms with Gasteiger partial charge in [-0.05, 0) is 36.6 Å². The van der Waals surface area contributed by atoms with Crippen LogP contribution in [-0.4, -0.2) is 33.3 Å². The van der Waals surface area contributed by atoms with Crippen LogP contribution < -0.4 is 19.5 Å². The van der Waals surface area contributed by atoms with Crippen molar-refractivity contribution in [1.82, 2.24) is 5.32 Å². The number of nitrogens with one attached hydrogen (secondary N) is 1. The summed E-state index contributed by atoms with van der Waals surface area (Å²) >= 11 is 0. The fourth-order valence-corrected chi connectivity index (χ4v) is 3.01. The summed E-state index contributed by atoms with van der Waals surface area (Å²) < 4.78 is 15.9. The standard InChI is InChI=1S/C19H24N2O4/c1-23-16-10-13(11-17(24-2)18(16)25-3)9-14(12-20)19(22)21-15-7-5-4-6-8-15/h9-11,15H,4-8H2,1-3H3,(H,21,22)/b14-9-. The Morgan fingerprint density at radius 2 is 1.72 bits per heavy atom. The molecule has 0 bridgehead atoms. The Labute approximate surface area is 148 Å². The first-order valence-electron chi connectivity index (χ1n) is 8.35. The van der Waals surface area contributed by atoms with Crippen LogP contribution in [0.3, 0.4) is 0 Å². The molecule has 1 aromatic carbocycles. The zero-order valence-corrected chi connectivity index (χ0v) is 14.9. The summed E-state index contributed by atoms with van der Waals surface area (Å²) in [5, 5.41) is 12.3. The van der Waals surface area contributed by atoms with E-state index in [9.17, 15) is 10.1 Å². The van der Waals surface area contributed by atoms with E-state index in [0.717, 1.165) is 25.7 Å². The number of carbonyl (C=O) groups excluding carboxylic acids is 1. The van der Waals surface area contributed by atoms with Crippen molar-refractivity contribution >= 4 is 12.0 Å². The van der Waals surface area contributed by atoms with Gasteiger partial charge in [-0.25, -0.2) is 0 Å². The van der Waals surface area contributed by atoms with E-state index >= 15 is 0 Å². The third kappa shape index (κ3) is 4.66. The molecule has 0 unspecified atom stereocenters. The van der Waals surface area contributed by atoms with Gasteiger partial charge in [0.1, 0.15) is 11.6 Å². The van der Waals surface area contributed by atoms with Crippen LogP contribution in [0.15, 0.2) is 17.7 Å². The molecular weight excluding hydrogens is 320 g/mol. The van der Waals surface area contributed by atoms with Gasteiger partial charge in [-0.1, -0.05) is 19.3 Å². The molecule has 1 saturated carbocycles. The van der Waals surface area contributed by atoms with Crippen molar-refractivity contribution in [2.24, 2.45) is 0 Å². The largest absolute Gasteiger partial charge is 0.493 e. The van der Waals surface area contributed by atoms with E-state index in [1.165, 1.54) is 33.8 Å². The van der Waals surface area contributed by atoms with Crippen molar-refractivity contribution in [2.45, 2.75) is 38.1 Å². The van der Waals surface area contributed by atoms with E-state index in [1.54, 1.807) is 12.1 Å². The first-order valence-corrected chi connectivity index (χ1v) is 8.35. The number of ether oxygens (including phenoxy) is 3. The molecule has 0 saturated heterocycles. The third-order valence-corrected chi connectivity index (χ3v) is 4.30. The van der Waals surface area contributed by atoms with E-state index in [2.05, 4.69) is 5.32 Å². The van der Waals surface area contributed by atoms with Crippen molar-refractivity contribution in [3.63, 3.8) is 0 Å². The molecule has 0 aromatic heterocycles. The molecule has 2 rings (SSSR count). The van der Waals surface area contributed by atoms with Gasteiger partial charge in [0, 0.05) is 6.04 Å². The molecule has 0 aliphatic heterocycles. The summed E-state index contributed by atoms with van der Waals surface area (Å²) in [6.07, 6.45) is 6.90. The lowest BCUT2D eigenvalue weighted by atomic mass is 9.95. The van der Waals surface area contributed by atoms with Gasteiger partial charge in [-0.3, -0.25) is 4.79 Å². The fourth-order valence-electron chi connectivity index (χ4n) is 3.01. The predicted molar refractivity (Wildman–Crippen MR) is 94.7 cm³/mol. The molecule has 1 aliphatic carbocycles. The van der Waals surface area contributed by atoms with Gasteiger partial charge in [0.05, 0.1) is 21.3 Å². The number of hydrogen-bond acceptors (Lipinski definition) is 5. The van der Waals surface area contributed by atoms with Crippen molar-refractivity contribution in [3.8, 4) is 23.3 Å². The van der Waals surface area contributed by atoms with Crippen LogP contribution >= 0.6 is 0 Å². The summed E-state index contributed by atoms with van der Waals surface area (Å²) in [5.74, 6) is 1.06. The Balaban J connectivity index is 2.26. The number of benzene rings is 1. The number of nitriles is 1. The second-order valence-corrected chi connectivity index (χ2v) is 5.94. The molecule has 25 heavy (non-hydrogen) atoms. The molecule has 0 spiro atoms. The molecule has 0 heterocycles. The molecule has 134 valence electrons. The average molecular weight is 344 g/mol. The van der Waals surface area contributed by atoms with Crippen molar-refractivity contribution in [3.05, 3.63) is 23.3 Å². The Morgan fingerprint density at radius 1 is 1.12 bits per heavy atom. The van der Waals surface area contributed by atoms with Crippen LogP contribution in [0.5, 0.6) is 17.2 Å². The van der Waals surface area contributed by atoms with Crippen molar-refractivity contribution in [1.29, 1.82) is 5.26 Å². The van der Waals surface area contributed by atoms with Gasteiger partial charge in [-0.15, -0.1) is 0 Å². The molecule has 1 aliphatic rings. The van der Waals surface area contributed by atoms with E-state index < -0.39 is 0 Å². The molecule has 0 atom stereocenters. The number of rotatable bonds is 6. The van der Waals surface area contributed by atoms with Gasteiger partial charge in [-0.2, -0.15) is 5.26 Å². The normalized spacial score (nSPS) is 15.2. The maximum atomic E-state index is 12.4. The number of hydrogen-bond donors (Lipinski definition) is 1. The van der Waals surface area contributed by atoms with Crippen LogP contribution in [0.4, 0.5) is 0 Å². The lowest BCUT2D eigenvalue weighted by Crippen LogP contribution is -2.36. The van der Waals surface area contributed by atoms with Crippen LogP contribution in [0.2, 0.25) is 0 Å². The number of amides is 1. The summed E-state index contributed by atoms with van der Waals surface area (Å²) in [5.41, 5.74) is 0.685. The smallest absolute Gasteiger partial charge is 0.262 e. The average Bonchev–Trinajstić information content (AvgIpc) is 2.65. The molecule has 1 amide bonds. The van der Waals surface area contributed by atoms with Crippen LogP contribution in [-0.2, 0) is 4.79 Å². The maximum Gasteiger partial charge on any atom is 0.262 e. The minimum atomic E-state index is -0.344. The maximum absolute atomic E-state index is 12.4. The highest BCUT2D eigenvalue weighted by Crippen LogP contribution is 2.38. The lowest BCUT2D eigenvalue weighted by Gasteiger charge is -2.22. The number of methoxy groups -OCH3 is 3. The Morgan fingerprint density at radius 3 is 2.20 bits per heavy atom. The third-order valence-electron chi connectivity index (χ3n) is 4.30.